The van der Waals surface area contributed by atoms with Crippen LogP contribution in [0.1, 0.15) is 6.42 Å². The van der Waals surface area contributed by atoms with E-state index in [2.05, 4.69) is 0 Å². The van der Waals surface area contributed by atoms with Gasteiger partial charge in [0, 0.05) is 13.5 Å². The second-order valence-corrected chi connectivity index (χ2v) is 5.65. The molecule has 10 heteroatoms. The molecule has 136 valence electrons. The van der Waals surface area contributed by atoms with Crippen LogP contribution in [0.4, 0.5) is 0 Å². The lowest BCUT2D eigenvalue weighted by molar-refractivity contribution is -0.353. The van der Waals surface area contributed by atoms with Crippen molar-refractivity contribution in [3.8, 4) is 0 Å². The quantitative estimate of drug-likeness (QED) is 0.294. The largest absolute Gasteiger partial charge is 0.394 e. The maximum Gasteiger partial charge on any atom is 0.187 e. The summed E-state index contributed by atoms with van der Waals surface area (Å²) in [4.78, 5) is 0. The lowest BCUT2D eigenvalue weighted by Crippen LogP contribution is -2.62. The van der Waals surface area contributed by atoms with Gasteiger partial charge in [-0.25, -0.2) is 0 Å². The highest BCUT2D eigenvalue weighted by molar-refractivity contribution is 4.91. The zero-order valence-corrected chi connectivity index (χ0v) is 12.6. The molecule has 0 spiro atoms. The second-order valence-electron chi connectivity index (χ2n) is 5.65. The Hall–Kier alpha value is -0.400. The van der Waals surface area contributed by atoms with Gasteiger partial charge in [-0.15, -0.1) is 0 Å². The van der Waals surface area contributed by atoms with Crippen LogP contribution in [-0.4, -0.2) is 106 Å². The van der Waals surface area contributed by atoms with Crippen molar-refractivity contribution in [3.05, 3.63) is 0 Å². The molecule has 10 nitrogen and oxygen atoms in total. The Morgan fingerprint density at radius 1 is 0.913 bits per heavy atom. The zero-order valence-electron chi connectivity index (χ0n) is 12.6. The van der Waals surface area contributed by atoms with E-state index >= 15 is 0 Å². The molecule has 2 rings (SSSR count). The average Bonchev–Trinajstić information content (AvgIpc) is 2.56. The van der Waals surface area contributed by atoms with Gasteiger partial charge in [-0.05, 0) is 0 Å². The van der Waals surface area contributed by atoms with E-state index in [1.807, 2.05) is 0 Å². The van der Waals surface area contributed by atoms with E-state index in [-0.39, 0.29) is 13.0 Å². The number of hydrogen-bond acceptors (Lipinski definition) is 10. The van der Waals surface area contributed by atoms with Gasteiger partial charge in [0.05, 0.1) is 25.4 Å². The monoisotopic (exact) mass is 340 g/mol. The van der Waals surface area contributed by atoms with Crippen LogP contribution in [0.25, 0.3) is 0 Å². The molecule has 2 aliphatic rings. The van der Waals surface area contributed by atoms with Gasteiger partial charge in [0.1, 0.15) is 30.5 Å². The van der Waals surface area contributed by atoms with Crippen molar-refractivity contribution < 1.29 is 49.6 Å². The van der Waals surface area contributed by atoms with Crippen molar-refractivity contribution in [2.45, 2.75) is 61.7 Å². The van der Waals surface area contributed by atoms with Gasteiger partial charge in [-0.3, -0.25) is 0 Å². The number of aliphatic hydroxyl groups excluding tert-OH is 6. The van der Waals surface area contributed by atoms with Crippen molar-refractivity contribution in [2.24, 2.45) is 0 Å². The summed E-state index contributed by atoms with van der Waals surface area (Å²) < 4.78 is 21.1. The van der Waals surface area contributed by atoms with Gasteiger partial charge in [0.2, 0.25) is 0 Å². The minimum absolute atomic E-state index is 0.0818. The standard InChI is InChI=1S/C13H24O10/c1-20-13-11(6(16)2-5(3-14)21-13)23-12-10(19)9(18)8(17)7(4-15)22-12/h5-19H,2-4H2,1H3/t5-,6-,7+,8+,9-,10-,11-,12-,13+/m0/s1. The number of methoxy groups -OCH3 is 1. The van der Waals surface area contributed by atoms with Crippen LogP contribution >= 0.6 is 0 Å². The molecule has 2 aliphatic heterocycles. The summed E-state index contributed by atoms with van der Waals surface area (Å²) in [5.41, 5.74) is 0. The van der Waals surface area contributed by atoms with Crippen LogP contribution in [-0.2, 0) is 18.9 Å². The normalized spacial score (nSPS) is 48.4. The van der Waals surface area contributed by atoms with E-state index in [1.54, 1.807) is 0 Å². The molecule has 0 aromatic rings. The fraction of sp³-hybridized carbons (Fsp3) is 1.00. The molecule has 9 atom stereocenters. The fourth-order valence-corrected chi connectivity index (χ4v) is 2.70. The Kier molecular flexibility index (Phi) is 6.68. The zero-order chi connectivity index (χ0) is 17.1. The first kappa shape index (κ1) is 18.9. The molecule has 0 radical (unpaired) electrons. The lowest BCUT2D eigenvalue weighted by Gasteiger charge is -2.44. The molecule has 0 aromatic heterocycles. The molecule has 0 aromatic carbocycles. The summed E-state index contributed by atoms with van der Waals surface area (Å²) in [5, 5.41) is 57.8. The van der Waals surface area contributed by atoms with Crippen LogP contribution in [0.3, 0.4) is 0 Å². The highest BCUT2D eigenvalue weighted by atomic mass is 16.7. The minimum atomic E-state index is -1.59. The Morgan fingerprint density at radius 3 is 2.17 bits per heavy atom. The maximum atomic E-state index is 10.1. The molecule has 0 unspecified atom stereocenters. The Balaban J connectivity index is 2.06. The Bertz CT molecular complexity index is 367. The smallest absolute Gasteiger partial charge is 0.187 e. The third-order valence-corrected chi connectivity index (χ3v) is 4.05. The second kappa shape index (κ2) is 8.12. The van der Waals surface area contributed by atoms with Crippen molar-refractivity contribution in [1.29, 1.82) is 0 Å². The third-order valence-electron chi connectivity index (χ3n) is 4.05. The Morgan fingerprint density at radius 2 is 1.61 bits per heavy atom. The molecule has 0 bridgehead atoms. The van der Waals surface area contributed by atoms with Gasteiger partial charge in [-0.2, -0.15) is 0 Å². The van der Waals surface area contributed by atoms with Crippen LogP contribution < -0.4 is 0 Å². The molecular weight excluding hydrogens is 316 g/mol. The first-order valence-electron chi connectivity index (χ1n) is 7.36. The summed E-state index contributed by atoms with van der Waals surface area (Å²) in [5.74, 6) is 0. The number of rotatable bonds is 5. The third kappa shape index (κ3) is 3.99. The van der Waals surface area contributed by atoms with Crippen molar-refractivity contribution in [2.75, 3.05) is 20.3 Å². The minimum Gasteiger partial charge on any atom is -0.394 e. The van der Waals surface area contributed by atoms with E-state index in [4.69, 9.17) is 29.2 Å². The molecule has 2 heterocycles. The first-order valence-corrected chi connectivity index (χ1v) is 7.36. The van der Waals surface area contributed by atoms with E-state index in [0.717, 1.165) is 0 Å². The molecule has 0 aliphatic carbocycles. The van der Waals surface area contributed by atoms with Gasteiger partial charge in [-0.1, -0.05) is 0 Å². The molecular formula is C13H24O10. The highest BCUT2D eigenvalue weighted by Gasteiger charge is 2.48. The van der Waals surface area contributed by atoms with Crippen molar-refractivity contribution in [1.82, 2.24) is 0 Å². The summed E-state index contributed by atoms with van der Waals surface area (Å²) in [6.45, 7) is -0.890. The first-order chi connectivity index (χ1) is 10.9. The van der Waals surface area contributed by atoms with Gasteiger partial charge in [0.25, 0.3) is 0 Å². The average molecular weight is 340 g/mol. The molecule has 23 heavy (non-hydrogen) atoms. The molecule has 0 amide bonds. The van der Waals surface area contributed by atoms with E-state index in [9.17, 15) is 20.4 Å². The SMILES string of the molecule is CO[C@@H]1O[C@H](CO)C[C@H](O)[C@@H]1O[C@@H]1O[C@H](CO)[C@@H](O)[C@H](O)[C@@H]1O. The van der Waals surface area contributed by atoms with Crippen LogP contribution in [0, 0.1) is 0 Å². The number of ether oxygens (including phenoxy) is 4. The number of hydrogen-bond donors (Lipinski definition) is 6. The predicted octanol–water partition coefficient (Wildman–Crippen LogP) is -3.71. The van der Waals surface area contributed by atoms with Crippen molar-refractivity contribution in [3.63, 3.8) is 0 Å². The molecule has 6 N–H and O–H groups in total. The van der Waals surface area contributed by atoms with Crippen molar-refractivity contribution >= 4 is 0 Å². The summed E-state index contributed by atoms with van der Waals surface area (Å²) in [6.07, 6.45) is -10.9. The Labute approximate surface area is 132 Å². The van der Waals surface area contributed by atoms with E-state index in [0.29, 0.717) is 0 Å². The lowest BCUT2D eigenvalue weighted by atomic mass is 9.98. The summed E-state index contributed by atoms with van der Waals surface area (Å²) >= 11 is 0. The molecule has 0 saturated carbocycles. The highest BCUT2D eigenvalue weighted by Crippen LogP contribution is 2.28. The molecule has 2 fully saturated rings. The summed E-state index contributed by atoms with van der Waals surface area (Å²) in [6, 6.07) is 0. The van der Waals surface area contributed by atoms with Crippen LogP contribution in [0.2, 0.25) is 0 Å². The predicted molar refractivity (Wildman–Crippen MR) is 72.0 cm³/mol. The van der Waals surface area contributed by atoms with Gasteiger partial charge >= 0.3 is 0 Å². The topological polar surface area (TPSA) is 158 Å². The van der Waals surface area contributed by atoms with Gasteiger partial charge < -0.3 is 49.6 Å². The van der Waals surface area contributed by atoms with Crippen LogP contribution in [0.5, 0.6) is 0 Å². The fourth-order valence-electron chi connectivity index (χ4n) is 2.70. The van der Waals surface area contributed by atoms with Crippen LogP contribution in [0.15, 0.2) is 0 Å². The van der Waals surface area contributed by atoms with E-state index in [1.165, 1.54) is 7.11 Å². The maximum absolute atomic E-state index is 10.1. The number of aliphatic hydroxyl groups is 6. The van der Waals surface area contributed by atoms with Gasteiger partial charge in [0.15, 0.2) is 12.6 Å². The molecule has 2 saturated heterocycles. The summed E-state index contributed by atoms with van der Waals surface area (Å²) in [7, 11) is 1.32. The van der Waals surface area contributed by atoms with E-state index < -0.39 is 61.9 Å².